The summed E-state index contributed by atoms with van der Waals surface area (Å²) >= 11 is 0. The number of allylic oxidation sites excluding steroid dienone is 7. The first-order valence-electron chi connectivity index (χ1n) is 7.98. The second-order valence-corrected chi connectivity index (χ2v) is 6.54. The number of halogens is 2. The number of rotatable bonds is 5. The molecular weight excluding hydrogens is 298 g/mol. The van der Waals surface area contributed by atoms with Gasteiger partial charge in [-0.1, -0.05) is 31.6 Å². The number of ether oxygens (including phenoxy) is 1. The molecule has 1 aliphatic carbocycles. The van der Waals surface area contributed by atoms with Crippen molar-refractivity contribution in [2.45, 2.75) is 53.9 Å². The predicted molar refractivity (Wildman–Crippen MR) is 89.1 cm³/mol. The van der Waals surface area contributed by atoms with Crippen molar-refractivity contribution >= 4 is 5.97 Å². The highest BCUT2D eigenvalue weighted by atomic mass is 19.2. The zero-order valence-corrected chi connectivity index (χ0v) is 14.6. The first kappa shape index (κ1) is 19.3. The summed E-state index contributed by atoms with van der Waals surface area (Å²) in [7, 11) is 0. The van der Waals surface area contributed by atoms with Crippen molar-refractivity contribution in [3.63, 3.8) is 0 Å². The van der Waals surface area contributed by atoms with Crippen LogP contribution in [0.1, 0.15) is 53.9 Å². The maximum atomic E-state index is 13.7. The normalized spacial score (nSPS) is 19.9. The van der Waals surface area contributed by atoms with E-state index < -0.39 is 17.6 Å². The minimum absolute atomic E-state index is 0.00461. The van der Waals surface area contributed by atoms with Crippen LogP contribution in [0.2, 0.25) is 0 Å². The number of hydrogen-bond acceptors (Lipinski definition) is 2. The molecule has 0 aromatic rings. The lowest BCUT2D eigenvalue weighted by Crippen LogP contribution is -2.19. The molecule has 0 fully saturated rings. The van der Waals surface area contributed by atoms with Gasteiger partial charge in [0, 0.05) is 0 Å². The summed E-state index contributed by atoms with van der Waals surface area (Å²) in [5.41, 5.74) is 3.19. The Morgan fingerprint density at radius 3 is 2.57 bits per heavy atom. The van der Waals surface area contributed by atoms with Crippen molar-refractivity contribution in [2.24, 2.45) is 5.41 Å². The minimum atomic E-state index is -1.49. The van der Waals surface area contributed by atoms with E-state index in [-0.39, 0.29) is 12.0 Å². The smallest absolute Gasteiger partial charge is 0.370 e. The Morgan fingerprint density at radius 1 is 1.35 bits per heavy atom. The number of esters is 1. The quantitative estimate of drug-likeness (QED) is 0.367. The Kier molecular flexibility index (Phi) is 6.92. The van der Waals surface area contributed by atoms with Crippen molar-refractivity contribution in [3.8, 4) is 0 Å². The third-order valence-electron chi connectivity index (χ3n) is 4.07. The molecule has 0 bridgehead atoms. The molecule has 0 spiro atoms. The number of carbonyl (C=O) groups is 1. The molecule has 0 amide bonds. The Labute approximate surface area is 137 Å². The molecule has 0 unspecified atom stereocenters. The summed E-state index contributed by atoms with van der Waals surface area (Å²) in [5, 5.41) is 0. The van der Waals surface area contributed by atoms with Gasteiger partial charge in [-0.15, -0.1) is 0 Å². The topological polar surface area (TPSA) is 26.3 Å². The third kappa shape index (κ3) is 5.45. The molecular formula is C19H26F2O2. The van der Waals surface area contributed by atoms with Crippen molar-refractivity contribution < 1.29 is 18.3 Å². The molecule has 0 aromatic carbocycles. The van der Waals surface area contributed by atoms with Gasteiger partial charge in [0.2, 0.25) is 5.83 Å². The summed E-state index contributed by atoms with van der Waals surface area (Å²) < 4.78 is 31.6. The van der Waals surface area contributed by atoms with Crippen LogP contribution in [0.4, 0.5) is 8.78 Å². The van der Waals surface area contributed by atoms with Crippen LogP contribution in [0.25, 0.3) is 0 Å². The second-order valence-electron chi connectivity index (χ2n) is 6.54. The maximum absolute atomic E-state index is 13.7. The zero-order valence-electron chi connectivity index (χ0n) is 14.6. The van der Waals surface area contributed by atoms with E-state index in [0.717, 1.165) is 18.9 Å². The molecule has 1 aliphatic rings. The van der Waals surface area contributed by atoms with Gasteiger partial charge in [-0.05, 0) is 62.7 Å². The van der Waals surface area contributed by atoms with Gasteiger partial charge in [0.15, 0.2) is 5.83 Å². The summed E-state index contributed by atoms with van der Waals surface area (Å²) in [6, 6.07) is 0. The fraction of sp³-hybridized carbons (Fsp3) is 0.526. The molecule has 0 saturated carbocycles. The van der Waals surface area contributed by atoms with E-state index >= 15 is 0 Å². The van der Waals surface area contributed by atoms with Crippen LogP contribution in [0.3, 0.4) is 0 Å². The summed E-state index contributed by atoms with van der Waals surface area (Å²) in [6.07, 6.45) is 8.08. The summed E-state index contributed by atoms with van der Waals surface area (Å²) in [6.45, 7) is 9.70. The first-order valence-corrected chi connectivity index (χ1v) is 7.98. The van der Waals surface area contributed by atoms with Gasteiger partial charge in [0.25, 0.3) is 0 Å². The largest absolute Gasteiger partial charge is 0.461 e. The lowest BCUT2D eigenvalue weighted by molar-refractivity contribution is -0.140. The summed E-state index contributed by atoms with van der Waals surface area (Å²) in [4.78, 5) is 11.1. The Hall–Kier alpha value is -1.71. The van der Waals surface area contributed by atoms with Gasteiger partial charge >= 0.3 is 5.97 Å². The van der Waals surface area contributed by atoms with Gasteiger partial charge in [-0.25, -0.2) is 9.18 Å². The lowest BCUT2D eigenvalue weighted by atomic mass is 9.72. The fourth-order valence-corrected chi connectivity index (χ4v) is 2.83. The van der Waals surface area contributed by atoms with Gasteiger partial charge in [-0.2, -0.15) is 4.39 Å². The molecule has 0 saturated heterocycles. The second kappa shape index (κ2) is 8.23. The van der Waals surface area contributed by atoms with Gasteiger partial charge in [0.05, 0.1) is 6.61 Å². The van der Waals surface area contributed by atoms with E-state index in [1.807, 2.05) is 6.08 Å². The average Bonchev–Trinajstić information content (AvgIpc) is 2.45. The Bertz CT molecular complexity index is 578. The molecule has 0 aliphatic heterocycles. The van der Waals surface area contributed by atoms with Crippen molar-refractivity contribution in [1.29, 1.82) is 0 Å². The van der Waals surface area contributed by atoms with Crippen LogP contribution in [-0.4, -0.2) is 12.6 Å². The molecule has 2 nitrogen and oxygen atoms in total. The highest BCUT2D eigenvalue weighted by Crippen LogP contribution is 2.40. The molecule has 0 aromatic heterocycles. The van der Waals surface area contributed by atoms with E-state index in [0.29, 0.717) is 5.57 Å². The molecule has 0 atom stereocenters. The van der Waals surface area contributed by atoms with Crippen LogP contribution in [-0.2, 0) is 9.53 Å². The van der Waals surface area contributed by atoms with Gasteiger partial charge in [-0.3, -0.25) is 0 Å². The lowest BCUT2D eigenvalue weighted by Gasteiger charge is -2.32. The molecule has 0 heterocycles. The fourth-order valence-electron chi connectivity index (χ4n) is 2.83. The van der Waals surface area contributed by atoms with E-state index in [4.69, 9.17) is 0 Å². The first-order chi connectivity index (χ1) is 10.7. The van der Waals surface area contributed by atoms with Crippen LogP contribution < -0.4 is 0 Å². The Balaban J connectivity index is 2.96. The molecule has 128 valence electrons. The van der Waals surface area contributed by atoms with E-state index in [2.05, 4.69) is 25.5 Å². The van der Waals surface area contributed by atoms with Crippen molar-refractivity contribution in [3.05, 3.63) is 46.6 Å². The standard InChI is InChI=1S/C19H26F2O2/c1-6-23-18(22)17(21)16(20)12-13(2)9-10-15-14(3)8-7-11-19(15,4)5/h9-10,12H,6-8,11H2,1-5H3/b10-9+,13-12+,17-16-. The van der Waals surface area contributed by atoms with Crippen molar-refractivity contribution in [1.82, 2.24) is 0 Å². The molecule has 1 rings (SSSR count). The SMILES string of the molecule is CCOC(=O)\C(F)=C(F)/C=C(C)/C=C/C1=C(C)CCCC1(C)C. The van der Waals surface area contributed by atoms with Crippen LogP contribution >= 0.6 is 0 Å². The van der Waals surface area contributed by atoms with Crippen LogP contribution in [0.15, 0.2) is 46.6 Å². The monoisotopic (exact) mass is 324 g/mol. The van der Waals surface area contributed by atoms with Crippen molar-refractivity contribution in [2.75, 3.05) is 6.61 Å². The van der Waals surface area contributed by atoms with Gasteiger partial charge in [0.1, 0.15) is 0 Å². The maximum Gasteiger partial charge on any atom is 0.370 e. The average molecular weight is 324 g/mol. The van der Waals surface area contributed by atoms with Crippen LogP contribution in [0, 0.1) is 5.41 Å². The van der Waals surface area contributed by atoms with Crippen LogP contribution in [0.5, 0.6) is 0 Å². The molecule has 0 radical (unpaired) electrons. The molecule has 4 heteroatoms. The van der Waals surface area contributed by atoms with E-state index in [1.54, 1.807) is 13.0 Å². The predicted octanol–water partition coefficient (Wildman–Crippen LogP) is 5.73. The zero-order chi connectivity index (χ0) is 17.6. The van der Waals surface area contributed by atoms with E-state index in [1.165, 1.54) is 24.5 Å². The highest BCUT2D eigenvalue weighted by Gasteiger charge is 2.26. The third-order valence-corrected chi connectivity index (χ3v) is 4.07. The summed E-state index contributed by atoms with van der Waals surface area (Å²) in [5.74, 6) is -3.97. The number of hydrogen-bond donors (Lipinski definition) is 0. The Morgan fingerprint density at radius 2 is 2.00 bits per heavy atom. The van der Waals surface area contributed by atoms with Gasteiger partial charge < -0.3 is 4.74 Å². The minimum Gasteiger partial charge on any atom is -0.461 e. The molecule has 23 heavy (non-hydrogen) atoms. The molecule has 0 N–H and O–H groups in total. The number of carbonyl (C=O) groups excluding carboxylic acids is 1. The highest BCUT2D eigenvalue weighted by molar-refractivity contribution is 5.87. The van der Waals surface area contributed by atoms with E-state index in [9.17, 15) is 13.6 Å².